The van der Waals surface area contributed by atoms with Gasteiger partial charge in [-0.2, -0.15) is 15.0 Å². The molecule has 0 amide bonds. The molecule has 0 aromatic carbocycles. The van der Waals surface area contributed by atoms with Crippen LogP contribution in [0.2, 0.25) is 0 Å². The van der Waals surface area contributed by atoms with Crippen molar-refractivity contribution in [3.63, 3.8) is 0 Å². The van der Waals surface area contributed by atoms with Gasteiger partial charge < -0.3 is 20.5 Å². The van der Waals surface area contributed by atoms with Crippen LogP contribution in [0.15, 0.2) is 0 Å². The van der Waals surface area contributed by atoms with E-state index < -0.39 is 0 Å². The number of anilines is 2. The number of hydrogen-bond donors (Lipinski definition) is 2. The summed E-state index contributed by atoms with van der Waals surface area (Å²) in [5.41, 5.74) is 5.52. The summed E-state index contributed by atoms with van der Waals surface area (Å²) in [5, 5.41) is 3.07. The number of methoxy groups -OCH3 is 1. The van der Waals surface area contributed by atoms with Gasteiger partial charge >= 0.3 is 6.01 Å². The summed E-state index contributed by atoms with van der Waals surface area (Å²) in [4.78, 5) is 11.8. The lowest BCUT2D eigenvalue weighted by Gasteiger charge is -2.08. The number of nitrogens with zero attached hydrogens (tertiary/aromatic N) is 3. The van der Waals surface area contributed by atoms with Gasteiger partial charge in [-0.1, -0.05) is 0 Å². The number of nitrogen functional groups attached to an aromatic ring is 1. The zero-order valence-electron chi connectivity index (χ0n) is 11.1. The largest absolute Gasteiger partial charge is 0.467 e. The molecular weight excluding hydrogens is 234 g/mol. The van der Waals surface area contributed by atoms with Crippen LogP contribution in [0.5, 0.6) is 6.01 Å². The molecule has 1 rings (SSSR count). The monoisotopic (exact) mass is 255 g/mol. The Balaban J connectivity index is 2.24. The van der Waals surface area contributed by atoms with Crippen LogP contribution in [0.1, 0.15) is 26.7 Å². The molecule has 7 heteroatoms. The quantitative estimate of drug-likeness (QED) is 0.671. The van der Waals surface area contributed by atoms with E-state index in [9.17, 15) is 0 Å². The molecule has 18 heavy (non-hydrogen) atoms. The first kappa shape index (κ1) is 14.4. The molecule has 0 fully saturated rings. The van der Waals surface area contributed by atoms with Crippen LogP contribution in [0.25, 0.3) is 0 Å². The number of ether oxygens (including phenoxy) is 2. The van der Waals surface area contributed by atoms with Gasteiger partial charge in [0.05, 0.1) is 13.2 Å². The maximum atomic E-state index is 5.52. The van der Waals surface area contributed by atoms with E-state index in [1.165, 1.54) is 7.11 Å². The zero-order valence-corrected chi connectivity index (χ0v) is 11.1. The lowest BCUT2D eigenvalue weighted by atomic mass is 10.3. The normalized spacial score (nSPS) is 10.7. The Kier molecular flexibility index (Phi) is 6.13. The lowest BCUT2D eigenvalue weighted by molar-refractivity contribution is 0.0765. The third-order valence-corrected chi connectivity index (χ3v) is 2.12. The molecule has 0 aliphatic carbocycles. The number of hydrogen-bond acceptors (Lipinski definition) is 7. The molecule has 3 N–H and O–H groups in total. The van der Waals surface area contributed by atoms with Gasteiger partial charge in [-0.05, 0) is 26.7 Å². The van der Waals surface area contributed by atoms with Gasteiger partial charge in [0.25, 0.3) is 0 Å². The van der Waals surface area contributed by atoms with Crippen molar-refractivity contribution < 1.29 is 9.47 Å². The molecule has 0 unspecified atom stereocenters. The maximum absolute atomic E-state index is 5.52. The van der Waals surface area contributed by atoms with Crippen LogP contribution in [0.3, 0.4) is 0 Å². The molecule has 0 radical (unpaired) electrons. The van der Waals surface area contributed by atoms with E-state index in [0.29, 0.717) is 5.95 Å². The lowest BCUT2D eigenvalue weighted by Crippen LogP contribution is -2.10. The first-order chi connectivity index (χ1) is 8.61. The van der Waals surface area contributed by atoms with E-state index in [0.717, 1.165) is 26.0 Å². The van der Waals surface area contributed by atoms with Crippen LogP contribution in [-0.2, 0) is 4.74 Å². The van der Waals surface area contributed by atoms with Gasteiger partial charge in [0.15, 0.2) is 0 Å². The topological polar surface area (TPSA) is 95.2 Å². The summed E-state index contributed by atoms with van der Waals surface area (Å²) in [6, 6.07) is 0.216. The van der Waals surface area contributed by atoms with Crippen molar-refractivity contribution in [1.82, 2.24) is 15.0 Å². The summed E-state index contributed by atoms with van der Waals surface area (Å²) < 4.78 is 10.3. The molecule has 1 aromatic heterocycles. The van der Waals surface area contributed by atoms with E-state index in [1.807, 2.05) is 13.8 Å². The minimum Gasteiger partial charge on any atom is -0.467 e. The fourth-order valence-corrected chi connectivity index (χ4v) is 1.29. The Hall–Kier alpha value is -1.63. The standard InChI is InChI=1S/C11H21N5O2/c1-8(2)18-7-5-4-6-13-10-14-9(12)15-11(16-10)17-3/h8H,4-7H2,1-3H3,(H3,12,13,14,15,16). The van der Waals surface area contributed by atoms with Crippen molar-refractivity contribution >= 4 is 11.9 Å². The van der Waals surface area contributed by atoms with E-state index in [-0.39, 0.29) is 18.1 Å². The Bertz CT molecular complexity index is 359. The summed E-state index contributed by atoms with van der Waals surface area (Å²) in [6.07, 6.45) is 2.24. The molecule has 1 heterocycles. The number of rotatable bonds is 8. The molecule has 0 aliphatic rings. The number of unbranched alkanes of at least 4 members (excludes halogenated alkanes) is 1. The Morgan fingerprint density at radius 3 is 2.67 bits per heavy atom. The summed E-state index contributed by atoms with van der Waals surface area (Å²) >= 11 is 0. The third-order valence-electron chi connectivity index (χ3n) is 2.12. The summed E-state index contributed by atoms with van der Waals surface area (Å²) in [7, 11) is 1.49. The Labute approximate surface area is 107 Å². The minimum absolute atomic E-state index is 0.146. The SMILES string of the molecule is COc1nc(N)nc(NCCCCOC(C)C)n1. The molecule has 0 bridgehead atoms. The fourth-order valence-electron chi connectivity index (χ4n) is 1.29. The number of nitrogens with two attached hydrogens (primary N) is 1. The highest BCUT2D eigenvalue weighted by Gasteiger charge is 2.03. The number of nitrogens with one attached hydrogen (secondary N) is 1. The van der Waals surface area contributed by atoms with Gasteiger partial charge in [0, 0.05) is 13.2 Å². The molecule has 0 saturated heterocycles. The summed E-state index contributed by atoms with van der Waals surface area (Å²) in [5.74, 6) is 0.580. The van der Waals surface area contributed by atoms with E-state index in [1.54, 1.807) is 0 Å². The second kappa shape index (κ2) is 7.65. The van der Waals surface area contributed by atoms with Gasteiger partial charge in [-0.3, -0.25) is 0 Å². The van der Waals surface area contributed by atoms with Gasteiger partial charge in [-0.25, -0.2) is 0 Å². The van der Waals surface area contributed by atoms with Crippen LogP contribution in [0, 0.1) is 0 Å². The van der Waals surface area contributed by atoms with Crippen LogP contribution < -0.4 is 15.8 Å². The van der Waals surface area contributed by atoms with Gasteiger partial charge in [0.1, 0.15) is 0 Å². The second-order valence-electron chi connectivity index (χ2n) is 4.06. The van der Waals surface area contributed by atoms with Crippen LogP contribution in [0.4, 0.5) is 11.9 Å². The van der Waals surface area contributed by atoms with E-state index >= 15 is 0 Å². The van der Waals surface area contributed by atoms with Crippen LogP contribution in [-0.4, -0.2) is 41.3 Å². The summed E-state index contributed by atoms with van der Waals surface area (Å²) in [6.45, 7) is 5.58. The second-order valence-corrected chi connectivity index (χ2v) is 4.06. The smallest absolute Gasteiger partial charge is 0.322 e. The van der Waals surface area contributed by atoms with Crippen molar-refractivity contribution in [2.75, 3.05) is 31.3 Å². The maximum Gasteiger partial charge on any atom is 0.322 e. The molecule has 102 valence electrons. The van der Waals surface area contributed by atoms with E-state index in [2.05, 4.69) is 20.3 Å². The predicted octanol–water partition coefficient (Wildman–Crippen LogP) is 1.08. The van der Waals surface area contributed by atoms with Crippen molar-refractivity contribution in [3.8, 4) is 6.01 Å². The molecule has 0 saturated carbocycles. The van der Waals surface area contributed by atoms with Crippen molar-refractivity contribution in [2.45, 2.75) is 32.8 Å². The first-order valence-corrected chi connectivity index (χ1v) is 6.03. The highest BCUT2D eigenvalue weighted by Crippen LogP contribution is 2.08. The fraction of sp³-hybridized carbons (Fsp3) is 0.727. The Morgan fingerprint density at radius 2 is 2.00 bits per heavy atom. The first-order valence-electron chi connectivity index (χ1n) is 6.03. The van der Waals surface area contributed by atoms with Crippen molar-refractivity contribution in [2.24, 2.45) is 0 Å². The Morgan fingerprint density at radius 1 is 1.22 bits per heavy atom. The molecule has 0 spiro atoms. The number of aromatic nitrogens is 3. The molecule has 1 aromatic rings. The average Bonchev–Trinajstić information content (AvgIpc) is 2.32. The molecule has 7 nitrogen and oxygen atoms in total. The van der Waals surface area contributed by atoms with Gasteiger partial charge in [-0.15, -0.1) is 0 Å². The van der Waals surface area contributed by atoms with Crippen molar-refractivity contribution in [1.29, 1.82) is 0 Å². The van der Waals surface area contributed by atoms with Crippen molar-refractivity contribution in [3.05, 3.63) is 0 Å². The highest BCUT2D eigenvalue weighted by atomic mass is 16.5. The van der Waals surface area contributed by atoms with Gasteiger partial charge in [0.2, 0.25) is 11.9 Å². The molecule has 0 atom stereocenters. The zero-order chi connectivity index (χ0) is 13.4. The third kappa shape index (κ3) is 5.62. The predicted molar refractivity (Wildman–Crippen MR) is 69.6 cm³/mol. The average molecular weight is 255 g/mol. The molecular formula is C11H21N5O2. The molecule has 0 aliphatic heterocycles. The van der Waals surface area contributed by atoms with Crippen LogP contribution >= 0.6 is 0 Å². The highest BCUT2D eigenvalue weighted by molar-refractivity contribution is 5.32. The minimum atomic E-state index is 0.146. The van der Waals surface area contributed by atoms with E-state index in [4.69, 9.17) is 15.2 Å².